The molecule has 2 aromatic rings. The number of alkyl halides is 1. The third-order valence-corrected chi connectivity index (χ3v) is 2.90. The zero-order valence-corrected chi connectivity index (χ0v) is 12.5. The van der Waals surface area contributed by atoms with Gasteiger partial charge in [0.25, 0.3) is 0 Å². The molecule has 0 atom stereocenters. The molecule has 0 aliphatic heterocycles. The molecule has 0 nitrogen and oxygen atoms in total. The molecule has 0 aliphatic carbocycles. The van der Waals surface area contributed by atoms with Gasteiger partial charge in [-0.3, -0.25) is 0 Å². The van der Waals surface area contributed by atoms with Crippen LogP contribution in [0, 0.1) is 0 Å². The Morgan fingerprint density at radius 2 is 1.75 bits per heavy atom. The standard InChI is InChI=1S/C9H12I.C5H5.Fe/c10-8-4-3-7-9-5-1-2-6-9;1-2-4-5-3-1;/h1-2,5-6H,3-4,7-8H2;1-5H;/q2*-1;+2. The van der Waals surface area contributed by atoms with Crippen LogP contribution in [0.2, 0.25) is 0 Å². The van der Waals surface area contributed by atoms with E-state index in [1.807, 2.05) is 30.3 Å². The SMILES string of the molecule is ICCCCc1ccc[cH-]1.[Fe+2].c1cc[cH-]c1. The number of rotatable bonds is 4. The van der Waals surface area contributed by atoms with Gasteiger partial charge < -0.3 is 0 Å². The van der Waals surface area contributed by atoms with Crippen LogP contribution in [-0.2, 0) is 23.5 Å². The summed E-state index contributed by atoms with van der Waals surface area (Å²) < 4.78 is 1.29. The van der Waals surface area contributed by atoms with Crippen molar-refractivity contribution in [1.82, 2.24) is 0 Å². The Morgan fingerprint density at radius 1 is 1.00 bits per heavy atom. The van der Waals surface area contributed by atoms with E-state index in [0.717, 1.165) is 0 Å². The molecule has 0 amide bonds. The fourth-order valence-electron chi connectivity index (χ4n) is 1.32. The van der Waals surface area contributed by atoms with Gasteiger partial charge in [-0.15, -0.1) is 0 Å². The van der Waals surface area contributed by atoms with E-state index in [9.17, 15) is 0 Å². The van der Waals surface area contributed by atoms with E-state index in [1.165, 1.54) is 29.3 Å². The maximum atomic E-state index is 2.43. The van der Waals surface area contributed by atoms with Gasteiger partial charge in [0.2, 0.25) is 0 Å². The van der Waals surface area contributed by atoms with Crippen LogP contribution < -0.4 is 0 Å². The zero-order chi connectivity index (χ0) is 10.8. The van der Waals surface area contributed by atoms with E-state index in [2.05, 4.69) is 46.9 Å². The Morgan fingerprint density at radius 3 is 2.19 bits per heavy atom. The molecule has 0 bridgehead atoms. The summed E-state index contributed by atoms with van der Waals surface area (Å²) in [6.07, 6.45) is 3.95. The fourth-order valence-corrected chi connectivity index (χ4v) is 1.86. The summed E-state index contributed by atoms with van der Waals surface area (Å²) in [7, 11) is 0. The molecule has 0 saturated heterocycles. The first-order chi connectivity index (χ1) is 7.43. The van der Waals surface area contributed by atoms with Gasteiger partial charge in [-0.1, -0.05) is 35.4 Å². The van der Waals surface area contributed by atoms with E-state index in [4.69, 9.17) is 0 Å². The normalized spacial score (nSPS) is 8.81. The van der Waals surface area contributed by atoms with E-state index in [-0.39, 0.29) is 17.1 Å². The van der Waals surface area contributed by atoms with Gasteiger partial charge in [0.1, 0.15) is 0 Å². The molecular weight excluding hydrogens is 351 g/mol. The summed E-state index contributed by atoms with van der Waals surface area (Å²) in [5.74, 6) is 0. The van der Waals surface area contributed by atoms with Gasteiger partial charge in [-0.05, 0) is 10.8 Å². The number of hydrogen-bond donors (Lipinski definition) is 0. The quantitative estimate of drug-likeness (QED) is 0.244. The topological polar surface area (TPSA) is 0 Å². The van der Waals surface area contributed by atoms with Crippen LogP contribution in [0.25, 0.3) is 0 Å². The van der Waals surface area contributed by atoms with Crippen LogP contribution in [0.5, 0.6) is 0 Å². The predicted molar refractivity (Wildman–Crippen MR) is 75.9 cm³/mol. The van der Waals surface area contributed by atoms with Gasteiger partial charge in [0.05, 0.1) is 0 Å². The molecule has 0 aliphatic rings. The minimum Gasteiger partial charge on any atom is -0.214 e. The van der Waals surface area contributed by atoms with Crippen molar-refractivity contribution in [1.29, 1.82) is 0 Å². The van der Waals surface area contributed by atoms with Crippen LogP contribution >= 0.6 is 22.6 Å². The second kappa shape index (κ2) is 11.4. The summed E-state index contributed by atoms with van der Waals surface area (Å²) in [4.78, 5) is 0. The van der Waals surface area contributed by atoms with E-state index >= 15 is 0 Å². The molecule has 16 heavy (non-hydrogen) atoms. The van der Waals surface area contributed by atoms with Gasteiger partial charge in [-0.2, -0.15) is 35.9 Å². The third-order valence-electron chi connectivity index (χ3n) is 2.14. The Kier molecular flexibility index (Phi) is 11.4. The maximum Gasteiger partial charge on any atom is 2.00 e. The largest absolute Gasteiger partial charge is 2.00 e. The fraction of sp³-hybridized carbons (Fsp3) is 0.286. The second-order valence-corrected chi connectivity index (χ2v) is 4.48. The molecule has 0 fully saturated rings. The first-order valence-electron chi connectivity index (χ1n) is 5.36. The monoisotopic (exact) mass is 368 g/mol. The minimum atomic E-state index is 0. The van der Waals surface area contributed by atoms with Crippen LogP contribution in [0.15, 0.2) is 54.6 Å². The van der Waals surface area contributed by atoms with Crippen molar-refractivity contribution >= 4 is 22.6 Å². The molecule has 2 heteroatoms. The Labute approximate surface area is 123 Å². The third kappa shape index (κ3) is 8.14. The molecule has 0 radical (unpaired) electrons. The maximum absolute atomic E-state index is 2.43. The van der Waals surface area contributed by atoms with Crippen molar-refractivity contribution in [2.75, 3.05) is 4.43 Å². The molecule has 0 unspecified atom stereocenters. The van der Waals surface area contributed by atoms with Crippen molar-refractivity contribution in [2.24, 2.45) is 0 Å². The second-order valence-electron chi connectivity index (χ2n) is 3.40. The van der Waals surface area contributed by atoms with Crippen LogP contribution in [0.4, 0.5) is 0 Å². The van der Waals surface area contributed by atoms with E-state index in [1.54, 1.807) is 0 Å². The number of aryl methyl sites for hydroxylation is 1. The summed E-state index contributed by atoms with van der Waals surface area (Å²) in [5.41, 5.74) is 1.49. The Bertz CT molecular complexity index is 280. The number of halogens is 1. The summed E-state index contributed by atoms with van der Waals surface area (Å²) >= 11 is 2.43. The van der Waals surface area contributed by atoms with Gasteiger partial charge >= 0.3 is 17.1 Å². The average molecular weight is 368 g/mol. The molecule has 0 heterocycles. The molecule has 0 spiro atoms. The van der Waals surface area contributed by atoms with Crippen molar-refractivity contribution in [3.05, 3.63) is 60.2 Å². The zero-order valence-electron chi connectivity index (χ0n) is 9.26. The molecule has 0 saturated carbocycles. The molecular formula is C14H17FeI. The number of hydrogen-bond acceptors (Lipinski definition) is 0. The predicted octanol–water partition coefficient (Wildman–Crippen LogP) is 4.57. The van der Waals surface area contributed by atoms with Crippen molar-refractivity contribution in [2.45, 2.75) is 19.3 Å². The summed E-state index contributed by atoms with van der Waals surface area (Å²) in [6, 6.07) is 18.6. The van der Waals surface area contributed by atoms with Gasteiger partial charge in [0.15, 0.2) is 0 Å². The molecule has 88 valence electrons. The minimum absolute atomic E-state index is 0. The number of unbranched alkanes of at least 4 members (excludes halogenated alkanes) is 1. The van der Waals surface area contributed by atoms with Crippen LogP contribution in [-0.4, -0.2) is 4.43 Å². The van der Waals surface area contributed by atoms with Crippen molar-refractivity contribution in [3.63, 3.8) is 0 Å². The van der Waals surface area contributed by atoms with Gasteiger partial charge in [0, 0.05) is 0 Å². The Balaban J connectivity index is 0.000000318. The molecule has 0 N–H and O–H groups in total. The van der Waals surface area contributed by atoms with Crippen LogP contribution in [0.3, 0.4) is 0 Å². The van der Waals surface area contributed by atoms with E-state index in [0.29, 0.717) is 0 Å². The Hall–Kier alpha value is -0.0505. The smallest absolute Gasteiger partial charge is 0.214 e. The van der Waals surface area contributed by atoms with Crippen molar-refractivity contribution in [3.8, 4) is 0 Å². The summed E-state index contributed by atoms with van der Waals surface area (Å²) in [6.45, 7) is 0. The van der Waals surface area contributed by atoms with Crippen molar-refractivity contribution < 1.29 is 17.1 Å². The van der Waals surface area contributed by atoms with Gasteiger partial charge in [-0.25, -0.2) is 24.3 Å². The molecule has 2 rings (SSSR count). The van der Waals surface area contributed by atoms with E-state index < -0.39 is 0 Å². The first-order valence-corrected chi connectivity index (χ1v) is 6.89. The first kappa shape index (κ1) is 15.9. The average Bonchev–Trinajstić information content (AvgIpc) is 2.94. The molecule has 2 aromatic carbocycles. The molecule has 0 aromatic heterocycles. The summed E-state index contributed by atoms with van der Waals surface area (Å²) in [5, 5.41) is 0. The van der Waals surface area contributed by atoms with Crippen LogP contribution in [0.1, 0.15) is 18.4 Å².